The van der Waals surface area contributed by atoms with Crippen LogP contribution in [0, 0.1) is 6.92 Å². The second kappa shape index (κ2) is 5.37. The van der Waals surface area contributed by atoms with Crippen LogP contribution in [0.2, 0.25) is 0 Å². The fourth-order valence-electron chi connectivity index (χ4n) is 2.62. The molecule has 0 bridgehead atoms. The van der Waals surface area contributed by atoms with Crippen LogP contribution in [-0.4, -0.2) is 15.7 Å². The third-order valence-electron chi connectivity index (χ3n) is 3.59. The molecule has 1 N–H and O–H groups in total. The molecule has 1 aromatic carbocycles. The van der Waals surface area contributed by atoms with Crippen molar-refractivity contribution in [3.8, 4) is 0 Å². The topological polar surface area (TPSA) is 42.0 Å². The molecule has 0 spiro atoms. The highest BCUT2D eigenvalue weighted by atomic mass is 79.9. The van der Waals surface area contributed by atoms with E-state index < -0.39 is 0 Å². The number of aromatic nitrogens is 1. The van der Waals surface area contributed by atoms with Gasteiger partial charge in [-0.05, 0) is 36.1 Å². The van der Waals surface area contributed by atoms with E-state index >= 15 is 0 Å². The minimum atomic E-state index is -0.0765. The number of carbonyl (C=O) groups excluding carboxylic acids is 1. The van der Waals surface area contributed by atoms with Crippen LogP contribution in [0.15, 0.2) is 42.7 Å². The molecule has 1 heterocycles. The molecule has 20 heavy (non-hydrogen) atoms. The van der Waals surface area contributed by atoms with E-state index in [1.54, 1.807) is 12.4 Å². The first-order chi connectivity index (χ1) is 9.65. The monoisotopic (exact) mass is 330 g/mol. The number of hydrogen-bond acceptors (Lipinski definition) is 2. The van der Waals surface area contributed by atoms with Crippen LogP contribution in [0.1, 0.15) is 33.1 Å². The molecule has 1 aliphatic rings. The number of nitrogens with zero attached hydrogens (tertiary/aromatic N) is 1. The Balaban J connectivity index is 1.83. The van der Waals surface area contributed by atoms with Gasteiger partial charge in [-0.2, -0.15) is 0 Å². The Morgan fingerprint density at radius 3 is 2.95 bits per heavy atom. The first-order valence-corrected chi connectivity index (χ1v) is 7.51. The molecule has 0 saturated carbocycles. The van der Waals surface area contributed by atoms with Crippen LogP contribution in [0.3, 0.4) is 0 Å². The first kappa shape index (κ1) is 13.3. The van der Waals surface area contributed by atoms with Crippen molar-refractivity contribution in [3.63, 3.8) is 0 Å². The van der Waals surface area contributed by atoms with Gasteiger partial charge >= 0.3 is 0 Å². The van der Waals surface area contributed by atoms with Crippen molar-refractivity contribution in [2.24, 2.45) is 0 Å². The molecular formula is C16H15BrN2O. The summed E-state index contributed by atoms with van der Waals surface area (Å²) in [7, 11) is 0. The Kier molecular flexibility index (Phi) is 3.57. The van der Waals surface area contributed by atoms with E-state index in [1.807, 2.05) is 25.1 Å². The smallest absolute Gasteiger partial charge is 0.253 e. The predicted molar refractivity (Wildman–Crippen MR) is 82.0 cm³/mol. The van der Waals surface area contributed by atoms with Gasteiger partial charge in [-0.15, -0.1) is 0 Å². The highest BCUT2D eigenvalue weighted by Crippen LogP contribution is 2.35. The Morgan fingerprint density at radius 1 is 1.35 bits per heavy atom. The van der Waals surface area contributed by atoms with Crippen molar-refractivity contribution in [3.05, 3.63) is 65.0 Å². The zero-order valence-corrected chi connectivity index (χ0v) is 12.7. The number of pyridine rings is 1. The largest absolute Gasteiger partial charge is 0.344 e. The lowest BCUT2D eigenvalue weighted by Gasteiger charge is -2.17. The summed E-state index contributed by atoms with van der Waals surface area (Å²) in [5.74, 6) is -0.0765. The van der Waals surface area contributed by atoms with Crippen molar-refractivity contribution in [2.45, 2.75) is 24.2 Å². The molecule has 0 fully saturated rings. The van der Waals surface area contributed by atoms with Crippen molar-refractivity contribution in [1.82, 2.24) is 10.3 Å². The molecule has 2 atom stereocenters. The summed E-state index contributed by atoms with van der Waals surface area (Å²) in [5, 5.41) is 3.10. The third kappa shape index (κ3) is 2.48. The Hall–Kier alpha value is -1.68. The molecule has 0 saturated heterocycles. The normalized spacial score (nSPS) is 20.5. The van der Waals surface area contributed by atoms with Gasteiger partial charge in [0.2, 0.25) is 0 Å². The fourth-order valence-corrected chi connectivity index (χ4v) is 3.38. The predicted octanol–water partition coefficient (Wildman–Crippen LogP) is 3.18. The average Bonchev–Trinajstić information content (AvgIpc) is 2.75. The molecule has 0 radical (unpaired) electrons. The SMILES string of the molecule is Cc1cncc(C(=O)NC2c3ccccc3CC2Br)c1. The van der Waals surface area contributed by atoms with Gasteiger partial charge in [-0.1, -0.05) is 40.2 Å². The summed E-state index contributed by atoms with van der Waals surface area (Å²) in [5.41, 5.74) is 4.08. The summed E-state index contributed by atoms with van der Waals surface area (Å²) >= 11 is 3.67. The lowest BCUT2D eigenvalue weighted by Crippen LogP contribution is -2.31. The maximum atomic E-state index is 12.3. The van der Waals surface area contributed by atoms with Crippen LogP contribution in [-0.2, 0) is 6.42 Å². The highest BCUT2D eigenvalue weighted by molar-refractivity contribution is 9.09. The van der Waals surface area contributed by atoms with Crippen LogP contribution < -0.4 is 5.32 Å². The molecule has 3 rings (SSSR count). The number of rotatable bonds is 2. The van der Waals surface area contributed by atoms with E-state index in [0.29, 0.717) is 5.56 Å². The number of halogens is 1. The molecule has 3 nitrogen and oxygen atoms in total. The first-order valence-electron chi connectivity index (χ1n) is 6.59. The molecule has 1 aromatic heterocycles. The molecule has 1 amide bonds. The Labute approximate surface area is 126 Å². The lowest BCUT2D eigenvalue weighted by molar-refractivity contribution is 0.0937. The van der Waals surface area contributed by atoms with Gasteiger partial charge in [0.05, 0.1) is 11.6 Å². The number of nitrogens with one attached hydrogen (secondary N) is 1. The van der Waals surface area contributed by atoms with Crippen LogP contribution in [0.25, 0.3) is 0 Å². The van der Waals surface area contributed by atoms with E-state index in [9.17, 15) is 4.79 Å². The highest BCUT2D eigenvalue weighted by Gasteiger charge is 2.31. The zero-order valence-electron chi connectivity index (χ0n) is 11.1. The summed E-state index contributed by atoms with van der Waals surface area (Å²) < 4.78 is 0. The maximum absolute atomic E-state index is 12.3. The van der Waals surface area contributed by atoms with Crippen LogP contribution in [0.4, 0.5) is 0 Å². The van der Waals surface area contributed by atoms with Gasteiger partial charge in [0, 0.05) is 17.2 Å². The molecule has 2 aromatic rings. The van der Waals surface area contributed by atoms with E-state index in [1.165, 1.54) is 11.1 Å². The Bertz CT molecular complexity index is 656. The number of fused-ring (bicyclic) bond motifs is 1. The number of hydrogen-bond donors (Lipinski definition) is 1. The van der Waals surface area contributed by atoms with Gasteiger partial charge in [-0.3, -0.25) is 9.78 Å². The van der Waals surface area contributed by atoms with Crippen LogP contribution >= 0.6 is 15.9 Å². The van der Waals surface area contributed by atoms with E-state index in [0.717, 1.165) is 12.0 Å². The van der Waals surface area contributed by atoms with Crippen molar-refractivity contribution in [1.29, 1.82) is 0 Å². The number of amides is 1. The van der Waals surface area contributed by atoms with E-state index in [4.69, 9.17) is 0 Å². The number of benzene rings is 1. The quantitative estimate of drug-likeness (QED) is 0.859. The molecule has 4 heteroatoms. The molecule has 1 aliphatic carbocycles. The summed E-state index contributed by atoms with van der Waals surface area (Å²) in [6.45, 7) is 1.93. The van der Waals surface area contributed by atoms with Gasteiger partial charge < -0.3 is 5.32 Å². The minimum absolute atomic E-state index is 0.0132. The van der Waals surface area contributed by atoms with Crippen molar-refractivity contribution >= 4 is 21.8 Å². The maximum Gasteiger partial charge on any atom is 0.253 e. The second-order valence-electron chi connectivity index (χ2n) is 5.12. The minimum Gasteiger partial charge on any atom is -0.344 e. The van der Waals surface area contributed by atoms with E-state index in [-0.39, 0.29) is 16.8 Å². The number of alkyl halides is 1. The molecule has 2 unspecified atom stereocenters. The van der Waals surface area contributed by atoms with Gasteiger partial charge in [0.25, 0.3) is 5.91 Å². The molecular weight excluding hydrogens is 316 g/mol. The fraction of sp³-hybridized carbons (Fsp3) is 0.250. The zero-order chi connectivity index (χ0) is 14.1. The van der Waals surface area contributed by atoms with Crippen molar-refractivity contribution < 1.29 is 4.79 Å². The number of aryl methyl sites for hydroxylation is 1. The van der Waals surface area contributed by atoms with E-state index in [2.05, 4.69) is 38.4 Å². The number of carbonyl (C=O) groups is 1. The summed E-state index contributed by atoms with van der Waals surface area (Å²) in [6.07, 6.45) is 4.29. The van der Waals surface area contributed by atoms with Gasteiger partial charge in [0.1, 0.15) is 0 Å². The van der Waals surface area contributed by atoms with Gasteiger partial charge in [0.15, 0.2) is 0 Å². The Morgan fingerprint density at radius 2 is 2.15 bits per heavy atom. The summed E-state index contributed by atoms with van der Waals surface area (Å²) in [6, 6.07) is 10.1. The standard InChI is InChI=1S/C16H15BrN2O/c1-10-6-12(9-18-8-10)16(20)19-15-13-5-3-2-4-11(13)7-14(15)17/h2-6,8-9,14-15H,7H2,1H3,(H,19,20). The van der Waals surface area contributed by atoms with Gasteiger partial charge in [-0.25, -0.2) is 0 Å². The lowest BCUT2D eigenvalue weighted by atomic mass is 10.1. The van der Waals surface area contributed by atoms with Crippen LogP contribution in [0.5, 0.6) is 0 Å². The van der Waals surface area contributed by atoms with Crippen molar-refractivity contribution in [2.75, 3.05) is 0 Å². The summed E-state index contributed by atoms with van der Waals surface area (Å²) in [4.78, 5) is 16.6. The molecule has 0 aliphatic heterocycles. The third-order valence-corrected chi connectivity index (χ3v) is 4.44. The molecule has 102 valence electrons. The second-order valence-corrected chi connectivity index (χ2v) is 6.30. The average molecular weight is 331 g/mol.